The van der Waals surface area contributed by atoms with Gasteiger partial charge in [-0.2, -0.15) is 0 Å². The summed E-state index contributed by atoms with van der Waals surface area (Å²) in [7, 11) is 1.61. The van der Waals surface area contributed by atoms with Crippen molar-refractivity contribution in [1.29, 1.82) is 0 Å². The molecule has 5 rings (SSSR count). The zero-order chi connectivity index (χ0) is 24.9. The second-order valence-electron chi connectivity index (χ2n) is 9.09. The van der Waals surface area contributed by atoms with E-state index < -0.39 is 17.7 Å². The second-order valence-corrected chi connectivity index (χ2v) is 9.91. The first kappa shape index (κ1) is 23.5. The first-order chi connectivity index (χ1) is 16.7. The molecule has 0 aromatic heterocycles. The topological polar surface area (TPSA) is 62.8 Å². The van der Waals surface area contributed by atoms with Crippen molar-refractivity contribution < 1.29 is 14.3 Å². The number of ether oxygens (including phenoxy) is 2. The summed E-state index contributed by atoms with van der Waals surface area (Å²) in [5, 5.41) is 7.55. The Morgan fingerprint density at radius 2 is 1.97 bits per heavy atom. The molecule has 2 N–H and O–H groups in total. The highest BCUT2D eigenvalue weighted by Gasteiger charge is 2.59. The Balaban J connectivity index is 1.64. The van der Waals surface area contributed by atoms with Gasteiger partial charge in [-0.3, -0.25) is 9.69 Å². The predicted octanol–water partition coefficient (Wildman–Crippen LogP) is 5.76. The Hall–Kier alpha value is -3.29. The summed E-state index contributed by atoms with van der Waals surface area (Å²) in [6.45, 7) is 5.90. The lowest BCUT2D eigenvalue weighted by molar-refractivity contribution is -0.130. The minimum atomic E-state index is -1.12. The summed E-state index contributed by atoms with van der Waals surface area (Å²) in [6.07, 6.45) is 0. The molecule has 3 aromatic rings. The summed E-state index contributed by atoms with van der Waals surface area (Å²) >= 11 is 12.1. The van der Waals surface area contributed by atoms with E-state index >= 15 is 0 Å². The monoisotopic (exact) mass is 507 g/mol. The van der Waals surface area contributed by atoms with Crippen molar-refractivity contribution in [2.45, 2.75) is 32.5 Å². The van der Waals surface area contributed by atoms with Crippen LogP contribution in [0.1, 0.15) is 29.7 Å². The van der Waals surface area contributed by atoms with Crippen molar-refractivity contribution in [1.82, 2.24) is 5.32 Å². The van der Waals surface area contributed by atoms with Gasteiger partial charge < -0.3 is 20.1 Å². The minimum Gasteiger partial charge on any atom is -0.497 e. The normalized spacial score (nSPS) is 22.5. The highest BCUT2D eigenvalue weighted by atomic mass is 35.5. The number of amides is 1. The molecular formula is C27H26ClN3O3S. The van der Waals surface area contributed by atoms with Crippen LogP contribution >= 0.6 is 23.8 Å². The zero-order valence-corrected chi connectivity index (χ0v) is 21.5. The molecule has 1 saturated heterocycles. The molecule has 2 aliphatic rings. The first-order valence-corrected chi connectivity index (χ1v) is 12.1. The summed E-state index contributed by atoms with van der Waals surface area (Å²) in [6, 6.07) is 18.5. The molecule has 180 valence electrons. The number of rotatable bonds is 4. The van der Waals surface area contributed by atoms with Crippen LogP contribution in [-0.4, -0.2) is 23.9 Å². The number of methoxy groups -OCH3 is 1. The summed E-state index contributed by atoms with van der Waals surface area (Å²) < 4.78 is 12.1. The molecule has 0 radical (unpaired) electrons. The Morgan fingerprint density at radius 3 is 2.69 bits per heavy atom. The van der Waals surface area contributed by atoms with Crippen LogP contribution in [-0.2, 0) is 4.79 Å². The molecule has 8 heteroatoms. The summed E-state index contributed by atoms with van der Waals surface area (Å²) in [5.41, 5.74) is 3.30. The molecule has 3 aromatic carbocycles. The number of hydrogen-bond donors (Lipinski definition) is 2. The molecule has 0 aliphatic carbocycles. The molecule has 1 fully saturated rings. The largest absolute Gasteiger partial charge is 0.497 e. The Morgan fingerprint density at radius 1 is 1.17 bits per heavy atom. The van der Waals surface area contributed by atoms with Gasteiger partial charge in [-0.25, -0.2) is 0 Å². The number of aryl methyl sites for hydroxylation is 2. The maximum Gasteiger partial charge on any atom is 0.236 e. The van der Waals surface area contributed by atoms with Gasteiger partial charge in [0.15, 0.2) is 10.8 Å². The number of fused-ring (bicyclic) bond motifs is 4. The summed E-state index contributed by atoms with van der Waals surface area (Å²) in [4.78, 5) is 15.8. The zero-order valence-electron chi connectivity index (χ0n) is 19.9. The van der Waals surface area contributed by atoms with E-state index in [4.69, 9.17) is 33.3 Å². The molecule has 2 aliphatic heterocycles. The molecule has 1 amide bonds. The fourth-order valence-electron chi connectivity index (χ4n) is 5.06. The van der Waals surface area contributed by atoms with Gasteiger partial charge in [0.25, 0.3) is 0 Å². The fourth-order valence-corrected chi connectivity index (χ4v) is 5.66. The van der Waals surface area contributed by atoms with Crippen molar-refractivity contribution in [2.75, 3.05) is 17.3 Å². The van der Waals surface area contributed by atoms with Crippen molar-refractivity contribution in [3.05, 3.63) is 82.4 Å². The van der Waals surface area contributed by atoms with Crippen LogP contribution in [0.2, 0.25) is 5.02 Å². The average Bonchev–Trinajstić information content (AvgIpc) is 2.80. The smallest absolute Gasteiger partial charge is 0.236 e. The van der Waals surface area contributed by atoms with Crippen LogP contribution in [0.5, 0.6) is 11.5 Å². The van der Waals surface area contributed by atoms with Gasteiger partial charge >= 0.3 is 0 Å². The van der Waals surface area contributed by atoms with Crippen LogP contribution in [0.15, 0.2) is 60.7 Å². The van der Waals surface area contributed by atoms with Gasteiger partial charge in [0.05, 0.1) is 13.2 Å². The lowest BCUT2D eigenvalue weighted by Gasteiger charge is -2.56. The number of anilines is 2. The Bertz CT molecular complexity index is 1350. The number of nitrogens with zero attached hydrogens (tertiary/aromatic N) is 1. The molecule has 2 bridgehead atoms. The van der Waals surface area contributed by atoms with E-state index in [-0.39, 0.29) is 5.91 Å². The number of carbonyl (C=O) groups is 1. The van der Waals surface area contributed by atoms with Crippen LogP contribution < -0.4 is 25.0 Å². The Labute approximate surface area is 215 Å². The third-order valence-corrected chi connectivity index (χ3v) is 7.23. The lowest BCUT2D eigenvalue weighted by Crippen LogP contribution is -2.72. The highest BCUT2D eigenvalue weighted by Crippen LogP contribution is 2.50. The maximum absolute atomic E-state index is 14.0. The van der Waals surface area contributed by atoms with E-state index in [2.05, 4.69) is 10.6 Å². The van der Waals surface area contributed by atoms with Crippen LogP contribution in [0.4, 0.5) is 11.4 Å². The van der Waals surface area contributed by atoms with E-state index in [0.717, 1.165) is 28.1 Å². The predicted molar refractivity (Wildman–Crippen MR) is 142 cm³/mol. The quantitative estimate of drug-likeness (QED) is 0.437. The second kappa shape index (κ2) is 8.73. The van der Waals surface area contributed by atoms with Crippen LogP contribution in [0.3, 0.4) is 0 Å². The van der Waals surface area contributed by atoms with E-state index in [9.17, 15) is 4.79 Å². The minimum absolute atomic E-state index is 0.181. The van der Waals surface area contributed by atoms with Crippen LogP contribution in [0, 0.1) is 19.8 Å². The molecule has 0 saturated carbocycles. The van der Waals surface area contributed by atoms with E-state index in [1.807, 2.05) is 80.3 Å². The van der Waals surface area contributed by atoms with Gasteiger partial charge in [-0.1, -0.05) is 35.4 Å². The average molecular weight is 508 g/mol. The van der Waals surface area contributed by atoms with Gasteiger partial charge in [0.1, 0.15) is 17.4 Å². The summed E-state index contributed by atoms with van der Waals surface area (Å²) in [5.74, 6) is 0.499. The Kier molecular flexibility index (Phi) is 5.85. The van der Waals surface area contributed by atoms with Crippen molar-refractivity contribution in [3.63, 3.8) is 0 Å². The van der Waals surface area contributed by atoms with Gasteiger partial charge in [-0.15, -0.1) is 0 Å². The lowest BCUT2D eigenvalue weighted by atomic mass is 9.78. The number of hydrogen-bond acceptors (Lipinski definition) is 4. The molecule has 0 unspecified atom stereocenters. The van der Waals surface area contributed by atoms with Gasteiger partial charge in [-0.05, 0) is 81.0 Å². The van der Waals surface area contributed by atoms with Crippen LogP contribution in [0.25, 0.3) is 0 Å². The number of benzene rings is 3. The van der Waals surface area contributed by atoms with Crippen molar-refractivity contribution >= 4 is 46.2 Å². The third kappa shape index (κ3) is 3.98. The van der Waals surface area contributed by atoms with Gasteiger partial charge in [0, 0.05) is 22.0 Å². The number of carbonyl (C=O) groups excluding carboxylic acids is 1. The molecular weight excluding hydrogens is 482 g/mol. The third-order valence-electron chi connectivity index (χ3n) is 6.69. The molecule has 6 nitrogen and oxygen atoms in total. The highest BCUT2D eigenvalue weighted by molar-refractivity contribution is 7.80. The molecule has 35 heavy (non-hydrogen) atoms. The first-order valence-electron chi connectivity index (χ1n) is 11.3. The van der Waals surface area contributed by atoms with E-state index in [1.165, 1.54) is 0 Å². The van der Waals surface area contributed by atoms with Crippen molar-refractivity contribution in [2.24, 2.45) is 5.92 Å². The SMILES string of the molecule is COc1ccc2c(c1)[C@H]1NC(=S)N(c3cccc(Cl)c3)[C@](C)(O2)[C@@H]1C(=O)Nc1ccc(C)cc1C. The fraction of sp³-hybridized carbons (Fsp3) is 0.259. The molecule has 0 spiro atoms. The molecule has 3 atom stereocenters. The van der Waals surface area contributed by atoms with E-state index in [0.29, 0.717) is 21.6 Å². The molecule has 2 heterocycles. The number of thiocarbonyl (C=S) groups is 1. The van der Waals surface area contributed by atoms with Gasteiger partial charge in [0.2, 0.25) is 5.91 Å². The number of nitrogens with one attached hydrogen (secondary N) is 2. The van der Waals surface area contributed by atoms with Crippen molar-refractivity contribution in [3.8, 4) is 11.5 Å². The standard InChI is InChI=1S/C27H26ClN3O3S/c1-15-8-10-21(16(2)12-15)29-25(32)23-24-20-14-19(33-4)9-11-22(20)34-27(23,3)31(26(35)30-24)18-7-5-6-17(28)13-18/h5-14,23-24H,1-4H3,(H,29,32)(H,30,35)/t23-,24+,27+/m0/s1. The number of halogens is 1. The maximum atomic E-state index is 14.0. The van der Waals surface area contributed by atoms with E-state index in [1.54, 1.807) is 13.2 Å².